The Morgan fingerprint density at radius 3 is 2.54 bits per heavy atom. The van der Waals surface area contributed by atoms with Crippen molar-refractivity contribution in [2.45, 2.75) is 57.3 Å². The smallest absolute Gasteiger partial charge is 0.251 e. The van der Waals surface area contributed by atoms with Crippen molar-refractivity contribution in [2.24, 2.45) is 5.73 Å². The van der Waals surface area contributed by atoms with E-state index in [0.717, 1.165) is 31.2 Å². The first-order valence-corrected chi connectivity index (χ1v) is 10.3. The van der Waals surface area contributed by atoms with Crippen LogP contribution in [0.3, 0.4) is 0 Å². The predicted molar refractivity (Wildman–Crippen MR) is 107 cm³/mol. The molecule has 0 aliphatic heterocycles. The van der Waals surface area contributed by atoms with Crippen LogP contribution in [-0.4, -0.2) is 11.8 Å². The second kappa shape index (κ2) is 8.99. The molecule has 5 heteroatoms. The van der Waals surface area contributed by atoms with Crippen molar-refractivity contribution in [3.05, 3.63) is 52.4 Å². The number of anilines is 1. The lowest BCUT2D eigenvalue weighted by molar-refractivity contribution is -0.116. The summed E-state index contributed by atoms with van der Waals surface area (Å²) in [4.78, 5) is 24.3. The molecule has 1 heterocycles. The van der Waals surface area contributed by atoms with Crippen LogP contribution in [-0.2, 0) is 11.2 Å². The maximum absolute atomic E-state index is 12.3. The van der Waals surface area contributed by atoms with Gasteiger partial charge in [0.2, 0.25) is 5.91 Å². The largest absolute Gasteiger partial charge is 0.365 e. The highest BCUT2D eigenvalue weighted by Crippen LogP contribution is 2.39. The molecule has 0 saturated heterocycles. The topological polar surface area (TPSA) is 72.2 Å². The molecule has 1 aliphatic carbocycles. The van der Waals surface area contributed by atoms with Gasteiger partial charge in [-0.2, -0.15) is 0 Å². The lowest BCUT2D eigenvalue weighted by Crippen LogP contribution is -2.19. The summed E-state index contributed by atoms with van der Waals surface area (Å²) >= 11 is 1.42. The quantitative estimate of drug-likeness (QED) is 0.731. The maximum Gasteiger partial charge on any atom is 0.251 e. The lowest BCUT2D eigenvalue weighted by atomic mass is 9.83. The van der Waals surface area contributed by atoms with Crippen molar-refractivity contribution in [2.75, 3.05) is 5.32 Å². The van der Waals surface area contributed by atoms with Crippen LogP contribution in [0.25, 0.3) is 0 Å². The van der Waals surface area contributed by atoms with E-state index in [1.807, 2.05) is 23.6 Å². The molecule has 0 atom stereocenters. The molecule has 138 valence electrons. The van der Waals surface area contributed by atoms with Crippen molar-refractivity contribution in [1.82, 2.24) is 0 Å². The number of rotatable bonds is 7. The van der Waals surface area contributed by atoms with Crippen LogP contribution in [0.1, 0.15) is 72.3 Å². The van der Waals surface area contributed by atoms with E-state index in [-0.39, 0.29) is 5.91 Å². The number of amides is 2. The van der Waals surface area contributed by atoms with Gasteiger partial charge in [0.15, 0.2) is 0 Å². The second-order valence-electron chi connectivity index (χ2n) is 6.98. The Kier molecular flexibility index (Phi) is 6.45. The fourth-order valence-corrected chi connectivity index (χ4v) is 4.78. The third-order valence-electron chi connectivity index (χ3n) is 5.08. The molecule has 1 saturated carbocycles. The molecule has 1 aromatic carbocycles. The average Bonchev–Trinajstić information content (AvgIpc) is 3.07. The van der Waals surface area contributed by atoms with Crippen LogP contribution in [0.2, 0.25) is 0 Å². The highest BCUT2D eigenvalue weighted by atomic mass is 32.1. The molecule has 1 aromatic heterocycles. The molecule has 1 aliphatic rings. The molecule has 0 unspecified atom stereocenters. The van der Waals surface area contributed by atoms with Crippen molar-refractivity contribution in [1.29, 1.82) is 0 Å². The van der Waals surface area contributed by atoms with Gasteiger partial charge in [-0.15, -0.1) is 11.3 Å². The van der Waals surface area contributed by atoms with Gasteiger partial charge < -0.3 is 11.1 Å². The molecular formula is C21H26N2O2S. The molecule has 26 heavy (non-hydrogen) atoms. The van der Waals surface area contributed by atoms with Crippen molar-refractivity contribution < 1.29 is 9.59 Å². The van der Waals surface area contributed by atoms with E-state index < -0.39 is 5.91 Å². The van der Waals surface area contributed by atoms with E-state index >= 15 is 0 Å². The number of carbonyl (C=O) groups excluding carboxylic acids is 2. The summed E-state index contributed by atoms with van der Waals surface area (Å²) in [5, 5.41) is 5.54. The highest BCUT2D eigenvalue weighted by Gasteiger charge is 2.25. The SMILES string of the molecule is NC(=O)c1c(C2CCCCC2)csc1NC(=O)CCCc1ccccc1. The minimum atomic E-state index is -0.439. The zero-order chi connectivity index (χ0) is 18.4. The molecule has 0 spiro atoms. The normalized spacial score (nSPS) is 14.9. The first kappa shape index (κ1) is 18.6. The van der Waals surface area contributed by atoms with Gasteiger partial charge in [-0.25, -0.2) is 0 Å². The zero-order valence-corrected chi connectivity index (χ0v) is 15.8. The van der Waals surface area contributed by atoms with Gasteiger partial charge in [0, 0.05) is 6.42 Å². The van der Waals surface area contributed by atoms with Crippen LogP contribution in [0.4, 0.5) is 5.00 Å². The molecular weight excluding hydrogens is 344 g/mol. The van der Waals surface area contributed by atoms with Gasteiger partial charge in [0.05, 0.1) is 5.56 Å². The molecule has 1 fully saturated rings. The number of benzene rings is 1. The number of nitrogens with one attached hydrogen (secondary N) is 1. The van der Waals surface area contributed by atoms with E-state index in [4.69, 9.17) is 5.73 Å². The predicted octanol–water partition coefficient (Wildman–Crippen LogP) is 4.86. The van der Waals surface area contributed by atoms with Crippen LogP contribution in [0.15, 0.2) is 35.7 Å². The Labute approximate surface area is 158 Å². The van der Waals surface area contributed by atoms with Gasteiger partial charge in [-0.05, 0) is 48.1 Å². The molecule has 4 nitrogen and oxygen atoms in total. The molecule has 3 rings (SSSR count). The lowest BCUT2D eigenvalue weighted by Gasteiger charge is -2.21. The Balaban J connectivity index is 1.60. The molecule has 0 bridgehead atoms. The Bertz CT molecular complexity index is 749. The summed E-state index contributed by atoms with van der Waals surface area (Å²) in [6.07, 6.45) is 7.93. The number of primary amides is 1. The monoisotopic (exact) mass is 370 g/mol. The van der Waals surface area contributed by atoms with E-state index in [1.165, 1.54) is 36.2 Å². The third kappa shape index (κ3) is 4.73. The van der Waals surface area contributed by atoms with Crippen LogP contribution >= 0.6 is 11.3 Å². The molecule has 2 aromatic rings. The summed E-state index contributed by atoms with van der Waals surface area (Å²) in [7, 11) is 0. The highest BCUT2D eigenvalue weighted by molar-refractivity contribution is 7.15. The minimum absolute atomic E-state index is 0.0551. The standard InChI is InChI=1S/C21H26N2O2S/c22-20(25)19-17(16-11-5-2-6-12-16)14-26-21(19)23-18(24)13-7-10-15-8-3-1-4-9-15/h1,3-4,8-9,14,16H,2,5-7,10-13H2,(H2,22,25)(H,23,24). The van der Waals surface area contributed by atoms with Gasteiger partial charge in [-0.1, -0.05) is 49.6 Å². The number of carbonyl (C=O) groups is 2. The number of hydrogen-bond donors (Lipinski definition) is 2. The fourth-order valence-electron chi connectivity index (χ4n) is 3.72. The van der Waals surface area contributed by atoms with Gasteiger partial charge in [0.1, 0.15) is 5.00 Å². The van der Waals surface area contributed by atoms with Crippen molar-refractivity contribution in [3.8, 4) is 0 Å². The molecule has 3 N–H and O–H groups in total. The summed E-state index contributed by atoms with van der Waals surface area (Å²) in [6, 6.07) is 10.1. The zero-order valence-electron chi connectivity index (χ0n) is 15.0. The number of nitrogens with two attached hydrogens (primary N) is 1. The first-order chi connectivity index (χ1) is 12.6. The summed E-state index contributed by atoms with van der Waals surface area (Å²) in [5.74, 6) is -0.0990. The van der Waals surface area contributed by atoms with Gasteiger partial charge in [0.25, 0.3) is 5.91 Å². The van der Waals surface area contributed by atoms with Crippen molar-refractivity contribution in [3.63, 3.8) is 0 Å². The summed E-state index contributed by atoms with van der Waals surface area (Å²) in [5.41, 5.74) is 8.42. The number of hydrogen-bond acceptors (Lipinski definition) is 3. The summed E-state index contributed by atoms with van der Waals surface area (Å²) < 4.78 is 0. The third-order valence-corrected chi connectivity index (χ3v) is 5.99. The Hall–Kier alpha value is -2.14. The van der Waals surface area contributed by atoms with Crippen LogP contribution < -0.4 is 11.1 Å². The Morgan fingerprint density at radius 2 is 1.85 bits per heavy atom. The average molecular weight is 371 g/mol. The molecule has 2 amide bonds. The first-order valence-electron chi connectivity index (χ1n) is 9.40. The molecule has 0 radical (unpaired) electrons. The van der Waals surface area contributed by atoms with E-state index in [0.29, 0.717) is 22.9 Å². The fraction of sp³-hybridized carbons (Fsp3) is 0.429. The number of aryl methyl sites for hydroxylation is 1. The van der Waals surface area contributed by atoms with Gasteiger partial charge in [-0.3, -0.25) is 9.59 Å². The van der Waals surface area contributed by atoms with Crippen molar-refractivity contribution >= 4 is 28.2 Å². The van der Waals surface area contributed by atoms with Gasteiger partial charge >= 0.3 is 0 Å². The Morgan fingerprint density at radius 1 is 1.12 bits per heavy atom. The number of thiophene rings is 1. The minimum Gasteiger partial charge on any atom is -0.365 e. The summed E-state index contributed by atoms with van der Waals surface area (Å²) in [6.45, 7) is 0. The van der Waals surface area contributed by atoms with E-state index in [2.05, 4.69) is 17.4 Å². The van der Waals surface area contributed by atoms with E-state index in [1.54, 1.807) is 0 Å². The van der Waals surface area contributed by atoms with Crippen LogP contribution in [0, 0.1) is 0 Å². The van der Waals surface area contributed by atoms with Crippen LogP contribution in [0.5, 0.6) is 0 Å². The second-order valence-corrected chi connectivity index (χ2v) is 7.86. The maximum atomic E-state index is 12.3. The van der Waals surface area contributed by atoms with E-state index in [9.17, 15) is 9.59 Å².